The number of benzene rings is 1. The molecule has 0 aliphatic heterocycles. The van der Waals surface area contributed by atoms with Crippen molar-refractivity contribution in [2.75, 3.05) is 14.1 Å². The Morgan fingerprint density at radius 3 is 2.40 bits per heavy atom. The monoisotopic (exact) mass is 335 g/mol. The summed E-state index contributed by atoms with van der Waals surface area (Å²) in [4.78, 5) is 0. The summed E-state index contributed by atoms with van der Waals surface area (Å²) in [6.07, 6.45) is 4.78. The van der Waals surface area contributed by atoms with Gasteiger partial charge in [-0.15, -0.1) is 3.97 Å². The van der Waals surface area contributed by atoms with Gasteiger partial charge in [-0.25, -0.2) is 4.57 Å². The van der Waals surface area contributed by atoms with Gasteiger partial charge in [0.25, 0.3) is 6.33 Å². The summed E-state index contributed by atoms with van der Waals surface area (Å²) >= 11 is 5.82. The Morgan fingerprint density at radius 2 is 1.85 bits per heavy atom. The number of nitrogens with zero attached hydrogens (tertiary/aromatic N) is 3. The lowest BCUT2D eigenvalue weighted by molar-refractivity contribution is -0.687. The SMILES string of the molecule is CN(C)S(=O)(=O)n1cc[n+](Cc2ccc(Cl)cc2)c1.[Cl-]. The highest BCUT2D eigenvalue weighted by Gasteiger charge is 2.22. The number of hydrogen-bond acceptors (Lipinski definition) is 2. The number of aromatic nitrogens is 2. The third-order valence-corrected chi connectivity index (χ3v) is 4.60. The third-order valence-electron chi connectivity index (χ3n) is 2.67. The summed E-state index contributed by atoms with van der Waals surface area (Å²) < 4.78 is 27.9. The van der Waals surface area contributed by atoms with Crippen molar-refractivity contribution in [3.8, 4) is 0 Å². The van der Waals surface area contributed by atoms with Crippen LogP contribution in [-0.4, -0.2) is 30.8 Å². The molecule has 0 aliphatic carbocycles. The first-order chi connectivity index (χ1) is 8.89. The minimum Gasteiger partial charge on any atom is -1.00 e. The minimum absolute atomic E-state index is 0. The summed E-state index contributed by atoms with van der Waals surface area (Å²) in [5.74, 6) is 0. The fourth-order valence-corrected chi connectivity index (χ4v) is 2.55. The molecule has 1 aromatic heterocycles. The Morgan fingerprint density at radius 1 is 1.25 bits per heavy atom. The molecule has 110 valence electrons. The van der Waals surface area contributed by atoms with Crippen molar-refractivity contribution >= 4 is 21.8 Å². The van der Waals surface area contributed by atoms with E-state index in [4.69, 9.17) is 11.6 Å². The van der Waals surface area contributed by atoms with Gasteiger partial charge in [0.2, 0.25) is 0 Å². The smallest absolute Gasteiger partial charge is 0.379 e. The molecule has 0 saturated carbocycles. The number of halogens is 2. The molecule has 0 saturated heterocycles. The number of imidazole rings is 1. The van der Waals surface area contributed by atoms with Gasteiger partial charge in [-0.1, -0.05) is 23.7 Å². The van der Waals surface area contributed by atoms with Crippen LogP contribution < -0.4 is 17.0 Å². The minimum atomic E-state index is -3.45. The predicted molar refractivity (Wildman–Crippen MR) is 73.2 cm³/mol. The topological polar surface area (TPSA) is 46.2 Å². The first-order valence-electron chi connectivity index (χ1n) is 5.64. The van der Waals surface area contributed by atoms with Gasteiger partial charge in [0.05, 0.1) is 0 Å². The molecule has 8 heteroatoms. The van der Waals surface area contributed by atoms with Gasteiger partial charge in [0.1, 0.15) is 18.9 Å². The normalized spacial score (nSPS) is 11.4. The molecular formula is C12H15Cl2N3O2S. The second-order valence-corrected chi connectivity index (χ2v) is 6.82. The highest BCUT2D eigenvalue weighted by Crippen LogP contribution is 2.09. The lowest BCUT2D eigenvalue weighted by Crippen LogP contribution is -3.00. The Bertz CT molecular complexity index is 666. The van der Waals surface area contributed by atoms with Crippen molar-refractivity contribution in [2.45, 2.75) is 6.54 Å². The van der Waals surface area contributed by atoms with E-state index in [0.29, 0.717) is 11.6 Å². The lowest BCUT2D eigenvalue weighted by atomic mass is 10.2. The van der Waals surface area contributed by atoms with Crippen LogP contribution in [0.2, 0.25) is 5.02 Å². The second-order valence-electron chi connectivity index (χ2n) is 4.33. The van der Waals surface area contributed by atoms with Crippen LogP contribution in [0.5, 0.6) is 0 Å². The Hall–Kier alpha value is -1.08. The summed E-state index contributed by atoms with van der Waals surface area (Å²) in [6.45, 7) is 0.590. The summed E-state index contributed by atoms with van der Waals surface area (Å²) in [5.41, 5.74) is 1.05. The van der Waals surface area contributed by atoms with E-state index in [2.05, 4.69) is 0 Å². The van der Waals surface area contributed by atoms with E-state index in [1.165, 1.54) is 28.6 Å². The summed E-state index contributed by atoms with van der Waals surface area (Å²) in [7, 11) is -0.449. The molecule has 20 heavy (non-hydrogen) atoms. The van der Waals surface area contributed by atoms with Crippen molar-refractivity contribution in [2.24, 2.45) is 0 Å². The van der Waals surface area contributed by atoms with E-state index >= 15 is 0 Å². The zero-order chi connectivity index (χ0) is 14.0. The number of hydrogen-bond donors (Lipinski definition) is 0. The Labute approximate surface area is 130 Å². The van der Waals surface area contributed by atoms with Crippen LogP contribution in [0.3, 0.4) is 0 Å². The van der Waals surface area contributed by atoms with Crippen LogP contribution in [0.15, 0.2) is 43.0 Å². The van der Waals surface area contributed by atoms with Crippen molar-refractivity contribution in [3.63, 3.8) is 0 Å². The molecule has 0 unspecified atom stereocenters. The van der Waals surface area contributed by atoms with E-state index in [9.17, 15) is 8.42 Å². The van der Waals surface area contributed by atoms with Gasteiger partial charge in [0, 0.05) is 19.1 Å². The summed E-state index contributed by atoms with van der Waals surface area (Å²) in [5, 5.41) is 0.682. The molecule has 1 aromatic carbocycles. The van der Waals surface area contributed by atoms with Crippen LogP contribution in [0.25, 0.3) is 0 Å². The molecule has 0 radical (unpaired) electrons. The molecule has 0 spiro atoms. The van der Waals surface area contributed by atoms with Gasteiger partial charge in [-0.3, -0.25) is 0 Å². The van der Waals surface area contributed by atoms with Crippen LogP contribution in [0.4, 0.5) is 0 Å². The van der Waals surface area contributed by atoms with Crippen molar-refractivity contribution in [3.05, 3.63) is 53.6 Å². The maximum atomic E-state index is 11.9. The average molecular weight is 336 g/mol. The van der Waals surface area contributed by atoms with Crippen molar-refractivity contribution in [1.82, 2.24) is 8.28 Å². The zero-order valence-electron chi connectivity index (χ0n) is 11.1. The third kappa shape index (κ3) is 3.73. The van der Waals surface area contributed by atoms with Gasteiger partial charge in [-0.05, 0) is 17.7 Å². The highest BCUT2D eigenvalue weighted by molar-refractivity contribution is 7.87. The van der Waals surface area contributed by atoms with E-state index in [0.717, 1.165) is 5.56 Å². The quantitative estimate of drug-likeness (QED) is 0.615. The predicted octanol–water partition coefficient (Wildman–Crippen LogP) is -1.86. The van der Waals surface area contributed by atoms with E-state index in [-0.39, 0.29) is 12.4 Å². The molecule has 0 bridgehead atoms. The number of rotatable bonds is 4. The lowest BCUT2D eigenvalue weighted by Gasteiger charge is -2.05. The fourth-order valence-electron chi connectivity index (χ4n) is 1.59. The van der Waals surface area contributed by atoms with E-state index < -0.39 is 10.2 Å². The summed E-state index contributed by atoms with van der Waals surface area (Å²) in [6, 6.07) is 7.44. The van der Waals surface area contributed by atoms with Gasteiger partial charge in [0.15, 0.2) is 0 Å². The van der Waals surface area contributed by atoms with Crippen molar-refractivity contribution in [1.29, 1.82) is 0 Å². The maximum absolute atomic E-state index is 11.9. The van der Waals surface area contributed by atoms with E-state index in [1.54, 1.807) is 17.1 Å². The van der Waals surface area contributed by atoms with Crippen LogP contribution in [0, 0.1) is 0 Å². The van der Waals surface area contributed by atoms with Gasteiger partial charge >= 0.3 is 10.2 Å². The van der Waals surface area contributed by atoms with Crippen LogP contribution >= 0.6 is 11.6 Å². The molecule has 2 rings (SSSR count). The molecular weight excluding hydrogens is 321 g/mol. The molecule has 0 amide bonds. The van der Waals surface area contributed by atoms with Gasteiger partial charge < -0.3 is 12.4 Å². The largest absolute Gasteiger partial charge is 1.00 e. The molecule has 2 aromatic rings. The maximum Gasteiger partial charge on any atom is 0.379 e. The van der Waals surface area contributed by atoms with Crippen LogP contribution in [0.1, 0.15) is 5.56 Å². The Balaban J connectivity index is 0.00000200. The molecule has 0 aliphatic rings. The first-order valence-corrected chi connectivity index (χ1v) is 7.41. The molecule has 5 nitrogen and oxygen atoms in total. The molecule has 1 heterocycles. The standard InChI is InChI=1S/C12H15ClN3O2S.ClH/c1-14(2)19(17,18)16-8-7-15(10-16)9-11-3-5-12(13)6-4-11;/h3-8,10H,9H2,1-2H3;1H/q+1;/p-1. The zero-order valence-corrected chi connectivity index (χ0v) is 13.4. The van der Waals surface area contributed by atoms with Gasteiger partial charge in [-0.2, -0.15) is 12.7 Å². The first kappa shape index (κ1) is 17.0. The van der Waals surface area contributed by atoms with Crippen LogP contribution in [-0.2, 0) is 16.8 Å². The fraction of sp³-hybridized carbons (Fsp3) is 0.250. The van der Waals surface area contributed by atoms with Crippen molar-refractivity contribution < 1.29 is 25.4 Å². The molecule has 0 fully saturated rings. The second kappa shape index (κ2) is 6.58. The average Bonchev–Trinajstić information content (AvgIpc) is 2.81. The molecule has 0 N–H and O–H groups in total. The highest BCUT2D eigenvalue weighted by atomic mass is 35.5. The molecule has 0 atom stereocenters. The van der Waals surface area contributed by atoms with E-state index in [1.807, 2.05) is 24.3 Å². The Kier molecular flexibility index (Phi) is 5.59.